The molecule has 0 saturated carbocycles. The van der Waals surface area contributed by atoms with E-state index in [1.54, 1.807) is 11.3 Å². The molecule has 0 spiro atoms. The van der Waals surface area contributed by atoms with Gasteiger partial charge in [-0.25, -0.2) is 4.98 Å². The minimum absolute atomic E-state index is 0.185. The molecule has 80 valence electrons. The van der Waals surface area contributed by atoms with Crippen LogP contribution in [0.5, 0.6) is 0 Å². The van der Waals surface area contributed by atoms with Crippen molar-refractivity contribution in [2.75, 3.05) is 0 Å². The van der Waals surface area contributed by atoms with Crippen molar-refractivity contribution in [3.8, 4) is 0 Å². The van der Waals surface area contributed by atoms with E-state index in [-0.39, 0.29) is 11.7 Å². The molecule has 2 saturated heterocycles. The molecule has 2 bridgehead atoms. The molecule has 2 fully saturated rings. The lowest BCUT2D eigenvalue weighted by Gasteiger charge is -2.17. The van der Waals surface area contributed by atoms with Gasteiger partial charge in [0.25, 0.3) is 0 Å². The third kappa shape index (κ3) is 1.52. The molecule has 0 amide bonds. The molecule has 3 atom stereocenters. The fraction of sp³-hybridized carbons (Fsp3) is 0.636. The van der Waals surface area contributed by atoms with Crippen LogP contribution in [0.4, 0.5) is 0 Å². The van der Waals surface area contributed by atoms with Gasteiger partial charge in [0, 0.05) is 23.4 Å². The highest BCUT2D eigenvalue weighted by molar-refractivity contribution is 7.09. The van der Waals surface area contributed by atoms with Crippen molar-refractivity contribution in [1.29, 1.82) is 0 Å². The van der Waals surface area contributed by atoms with Crippen LogP contribution in [0.3, 0.4) is 0 Å². The number of carbonyl (C=O) groups is 1. The average Bonchev–Trinajstić information content (AvgIpc) is 2.90. The number of Topliss-reactive ketones (excluding diaryl/α,β-unsaturated/α-hetero) is 1. The molecular weight excluding hydrogens is 208 g/mol. The summed E-state index contributed by atoms with van der Waals surface area (Å²) >= 11 is 1.56. The van der Waals surface area contributed by atoms with E-state index in [4.69, 9.17) is 0 Å². The Kier molecular flexibility index (Phi) is 2.14. The summed E-state index contributed by atoms with van der Waals surface area (Å²) in [6.45, 7) is 1.94. The third-order valence-electron chi connectivity index (χ3n) is 3.51. The van der Waals surface area contributed by atoms with E-state index in [2.05, 4.69) is 10.3 Å². The van der Waals surface area contributed by atoms with Gasteiger partial charge in [-0.1, -0.05) is 0 Å². The van der Waals surface area contributed by atoms with Crippen LogP contribution in [0.15, 0.2) is 5.38 Å². The van der Waals surface area contributed by atoms with Crippen LogP contribution < -0.4 is 5.32 Å². The van der Waals surface area contributed by atoms with Crippen molar-refractivity contribution >= 4 is 17.1 Å². The standard InChI is InChI=1S/C11H14N2OS/c1-6-12-10(5-15-6)11(14)8-4-7-2-3-9(8)13-7/h5,7-9,13H,2-4H2,1H3. The fourth-order valence-corrected chi connectivity index (χ4v) is 3.38. The molecule has 0 aliphatic carbocycles. The zero-order valence-electron chi connectivity index (χ0n) is 8.69. The lowest BCUT2D eigenvalue weighted by atomic mass is 9.85. The summed E-state index contributed by atoms with van der Waals surface area (Å²) in [7, 11) is 0. The first kappa shape index (κ1) is 9.48. The largest absolute Gasteiger partial charge is 0.310 e. The molecule has 0 radical (unpaired) electrons. The van der Waals surface area contributed by atoms with Gasteiger partial charge in [-0.05, 0) is 26.2 Å². The molecule has 2 aliphatic rings. The first-order valence-corrected chi connectivity index (χ1v) is 6.34. The van der Waals surface area contributed by atoms with E-state index in [1.807, 2.05) is 12.3 Å². The van der Waals surface area contributed by atoms with E-state index in [9.17, 15) is 4.79 Å². The third-order valence-corrected chi connectivity index (χ3v) is 4.28. The summed E-state index contributed by atoms with van der Waals surface area (Å²) in [4.78, 5) is 16.4. The van der Waals surface area contributed by atoms with Crippen LogP contribution in [0.1, 0.15) is 34.8 Å². The minimum atomic E-state index is 0.185. The first-order chi connectivity index (χ1) is 7.24. The Morgan fingerprint density at radius 1 is 1.60 bits per heavy atom. The van der Waals surface area contributed by atoms with E-state index in [0.717, 1.165) is 17.8 Å². The normalized spacial score (nSPS) is 33.5. The zero-order valence-corrected chi connectivity index (χ0v) is 9.51. The predicted octanol–water partition coefficient (Wildman–Crippen LogP) is 1.77. The van der Waals surface area contributed by atoms with Gasteiger partial charge < -0.3 is 5.32 Å². The van der Waals surface area contributed by atoms with E-state index in [1.165, 1.54) is 6.42 Å². The van der Waals surface area contributed by atoms with Crippen LogP contribution in [-0.2, 0) is 0 Å². The summed E-state index contributed by atoms with van der Waals surface area (Å²) in [6.07, 6.45) is 3.41. The van der Waals surface area contributed by atoms with Crippen molar-refractivity contribution < 1.29 is 4.79 Å². The Hall–Kier alpha value is -0.740. The molecule has 15 heavy (non-hydrogen) atoms. The number of thiazole rings is 1. The molecule has 1 aromatic heterocycles. The van der Waals surface area contributed by atoms with Gasteiger partial charge in [-0.15, -0.1) is 11.3 Å². The van der Waals surface area contributed by atoms with Crippen molar-refractivity contribution in [3.63, 3.8) is 0 Å². The molecule has 3 rings (SSSR count). The second kappa shape index (κ2) is 3.39. The van der Waals surface area contributed by atoms with Crippen LogP contribution in [0.2, 0.25) is 0 Å². The van der Waals surface area contributed by atoms with Crippen LogP contribution in [0, 0.1) is 12.8 Å². The van der Waals surface area contributed by atoms with Gasteiger partial charge >= 0.3 is 0 Å². The van der Waals surface area contributed by atoms with Crippen molar-refractivity contribution in [2.24, 2.45) is 5.92 Å². The number of nitrogens with one attached hydrogen (secondary N) is 1. The number of ketones is 1. The molecule has 2 aliphatic heterocycles. The first-order valence-electron chi connectivity index (χ1n) is 5.46. The molecule has 4 heteroatoms. The van der Waals surface area contributed by atoms with Crippen molar-refractivity contribution in [3.05, 3.63) is 16.1 Å². The molecular formula is C11H14N2OS. The van der Waals surface area contributed by atoms with Gasteiger partial charge in [-0.3, -0.25) is 4.79 Å². The Balaban J connectivity index is 1.81. The second-order valence-corrected chi connectivity index (χ2v) is 5.57. The SMILES string of the molecule is Cc1nc(C(=O)C2CC3CCC2N3)cs1. The van der Waals surface area contributed by atoms with E-state index < -0.39 is 0 Å². The number of rotatable bonds is 2. The lowest BCUT2D eigenvalue weighted by Crippen LogP contribution is -2.28. The Labute approximate surface area is 92.9 Å². The van der Waals surface area contributed by atoms with E-state index in [0.29, 0.717) is 17.8 Å². The summed E-state index contributed by atoms with van der Waals surface area (Å²) in [5.74, 6) is 0.435. The number of aryl methyl sites for hydroxylation is 1. The number of fused-ring (bicyclic) bond motifs is 2. The van der Waals surface area contributed by atoms with Crippen LogP contribution >= 0.6 is 11.3 Å². The fourth-order valence-electron chi connectivity index (χ4n) is 2.78. The topological polar surface area (TPSA) is 42.0 Å². The van der Waals surface area contributed by atoms with Gasteiger partial charge in [0.15, 0.2) is 5.78 Å². The molecule has 3 unspecified atom stereocenters. The lowest BCUT2D eigenvalue weighted by molar-refractivity contribution is 0.0896. The molecule has 3 heterocycles. The molecule has 0 aromatic carbocycles. The van der Waals surface area contributed by atoms with Gasteiger partial charge in [0.05, 0.1) is 5.01 Å². The summed E-state index contributed by atoms with van der Waals surface area (Å²) in [5.41, 5.74) is 0.678. The second-order valence-electron chi connectivity index (χ2n) is 4.51. The van der Waals surface area contributed by atoms with Gasteiger partial charge in [0.2, 0.25) is 0 Å². The quantitative estimate of drug-likeness (QED) is 0.775. The van der Waals surface area contributed by atoms with Crippen LogP contribution in [0.25, 0.3) is 0 Å². The maximum absolute atomic E-state index is 12.2. The smallest absolute Gasteiger partial charge is 0.186 e. The summed E-state index contributed by atoms with van der Waals surface area (Å²) in [5, 5.41) is 6.36. The highest BCUT2D eigenvalue weighted by atomic mass is 32.1. The number of hydrogen-bond donors (Lipinski definition) is 1. The number of aromatic nitrogens is 1. The maximum atomic E-state index is 12.2. The summed E-state index contributed by atoms with van der Waals surface area (Å²) < 4.78 is 0. The molecule has 3 nitrogen and oxygen atoms in total. The highest BCUT2D eigenvalue weighted by Crippen LogP contribution is 2.35. The van der Waals surface area contributed by atoms with Gasteiger partial charge in [-0.2, -0.15) is 0 Å². The predicted molar refractivity (Wildman–Crippen MR) is 59.2 cm³/mol. The highest BCUT2D eigenvalue weighted by Gasteiger charge is 2.43. The van der Waals surface area contributed by atoms with Crippen molar-refractivity contribution in [1.82, 2.24) is 10.3 Å². The monoisotopic (exact) mass is 222 g/mol. The number of hydrogen-bond acceptors (Lipinski definition) is 4. The Bertz CT molecular complexity index is 401. The number of carbonyl (C=O) groups excluding carboxylic acids is 1. The Morgan fingerprint density at radius 3 is 3.00 bits per heavy atom. The molecule has 1 aromatic rings. The number of nitrogens with zero attached hydrogens (tertiary/aromatic N) is 1. The average molecular weight is 222 g/mol. The minimum Gasteiger partial charge on any atom is -0.310 e. The van der Waals surface area contributed by atoms with Crippen molar-refractivity contribution in [2.45, 2.75) is 38.3 Å². The van der Waals surface area contributed by atoms with E-state index >= 15 is 0 Å². The zero-order chi connectivity index (χ0) is 10.4. The maximum Gasteiger partial charge on any atom is 0.186 e. The summed E-state index contributed by atoms with van der Waals surface area (Å²) in [6, 6.07) is 1.01. The van der Waals surface area contributed by atoms with Gasteiger partial charge in [0.1, 0.15) is 5.69 Å². The Morgan fingerprint density at radius 2 is 2.47 bits per heavy atom. The molecule has 1 N–H and O–H groups in total. The van der Waals surface area contributed by atoms with Crippen LogP contribution in [-0.4, -0.2) is 22.9 Å².